The number of carbonyl (C=O) groups excluding carboxylic acids is 1. The largest absolute Gasteiger partial charge is 0.368 e. The van der Waals surface area contributed by atoms with Gasteiger partial charge in [0.15, 0.2) is 0 Å². The van der Waals surface area contributed by atoms with E-state index in [1.165, 1.54) is 57.3 Å². The van der Waals surface area contributed by atoms with Gasteiger partial charge in [0.25, 0.3) is 0 Å². The van der Waals surface area contributed by atoms with Crippen LogP contribution in [0.15, 0.2) is 35.0 Å². The molecule has 1 aromatic heterocycles. The van der Waals surface area contributed by atoms with Gasteiger partial charge in [-0.25, -0.2) is 0 Å². The molecule has 2 aromatic rings. The highest BCUT2D eigenvalue weighted by Gasteiger charge is 2.25. The van der Waals surface area contributed by atoms with Crippen molar-refractivity contribution in [1.82, 2.24) is 9.80 Å². The van der Waals surface area contributed by atoms with Crippen LogP contribution < -0.4 is 4.90 Å². The highest BCUT2D eigenvalue weighted by Crippen LogP contribution is 2.28. The zero-order valence-electron chi connectivity index (χ0n) is 17.9. The van der Waals surface area contributed by atoms with Crippen molar-refractivity contribution in [2.75, 3.05) is 44.2 Å². The smallest absolute Gasteiger partial charge is 0.227 e. The molecule has 30 heavy (non-hydrogen) atoms. The van der Waals surface area contributed by atoms with Crippen LogP contribution in [-0.2, 0) is 24.1 Å². The van der Waals surface area contributed by atoms with Gasteiger partial charge in [0, 0.05) is 51.0 Å². The Morgan fingerprint density at radius 1 is 0.933 bits per heavy atom. The van der Waals surface area contributed by atoms with Crippen LogP contribution in [0.3, 0.4) is 0 Å². The van der Waals surface area contributed by atoms with Crippen LogP contribution in [0.2, 0.25) is 0 Å². The number of hydrogen-bond donors (Lipinski definition) is 0. The van der Waals surface area contributed by atoms with Crippen molar-refractivity contribution in [1.29, 1.82) is 0 Å². The first-order chi connectivity index (χ1) is 14.8. The molecular formula is C25H33N3OS. The van der Waals surface area contributed by atoms with Crippen molar-refractivity contribution < 1.29 is 4.79 Å². The molecule has 0 bridgehead atoms. The number of carbonyl (C=O) groups is 1. The number of nitrogens with zero attached hydrogens (tertiary/aromatic N) is 3. The molecule has 1 aromatic carbocycles. The summed E-state index contributed by atoms with van der Waals surface area (Å²) in [5, 5.41) is 4.13. The molecule has 160 valence electrons. The molecule has 5 heteroatoms. The number of rotatable bonds is 4. The average Bonchev–Trinajstić information content (AvgIpc) is 3.45. The zero-order valence-corrected chi connectivity index (χ0v) is 18.7. The van der Waals surface area contributed by atoms with E-state index in [2.05, 4.69) is 39.4 Å². The number of thiophene rings is 1. The van der Waals surface area contributed by atoms with E-state index in [4.69, 9.17) is 0 Å². The summed E-state index contributed by atoms with van der Waals surface area (Å²) in [5.41, 5.74) is 5.57. The lowest BCUT2D eigenvalue weighted by molar-refractivity contribution is -0.130. The van der Waals surface area contributed by atoms with Gasteiger partial charge in [0.2, 0.25) is 5.91 Å². The molecule has 5 rings (SSSR count). The highest BCUT2D eigenvalue weighted by molar-refractivity contribution is 7.08. The molecule has 3 aliphatic rings. The number of hydrogen-bond acceptors (Lipinski definition) is 4. The van der Waals surface area contributed by atoms with Gasteiger partial charge in [-0.2, -0.15) is 11.3 Å². The standard InChI is InChI=1S/C25H33N3OS/c29-25(17-20-9-16-30-19-20)28-14-12-27(13-15-28)24-6-5-21-7-10-26(11-8-22(21)18-24)23-3-1-2-4-23/h5-6,9,16,18-19,23H,1-4,7-8,10-15,17H2. The fraction of sp³-hybridized carbons (Fsp3) is 0.560. The average molecular weight is 424 g/mol. The lowest BCUT2D eigenvalue weighted by atomic mass is 10.0. The Morgan fingerprint density at radius 2 is 1.70 bits per heavy atom. The predicted molar refractivity (Wildman–Crippen MR) is 124 cm³/mol. The van der Waals surface area contributed by atoms with E-state index in [0.29, 0.717) is 6.42 Å². The molecule has 1 saturated carbocycles. The van der Waals surface area contributed by atoms with E-state index >= 15 is 0 Å². The van der Waals surface area contributed by atoms with E-state index in [1.54, 1.807) is 22.5 Å². The molecule has 1 saturated heterocycles. The third-order valence-electron chi connectivity index (χ3n) is 7.30. The van der Waals surface area contributed by atoms with Gasteiger partial charge in [-0.1, -0.05) is 18.9 Å². The maximum absolute atomic E-state index is 12.6. The molecule has 4 nitrogen and oxygen atoms in total. The second-order valence-electron chi connectivity index (χ2n) is 9.10. The molecule has 1 amide bonds. The number of anilines is 1. The van der Waals surface area contributed by atoms with Crippen molar-refractivity contribution in [3.63, 3.8) is 0 Å². The molecule has 1 aliphatic carbocycles. The van der Waals surface area contributed by atoms with Crippen molar-refractivity contribution >= 4 is 22.9 Å². The third-order valence-corrected chi connectivity index (χ3v) is 8.03. The van der Waals surface area contributed by atoms with Gasteiger partial charge in [-0.3, -0.25) is 9.69 Å². The van der Waals surface area contributed by atoms with Crippen molar-refractivity contribution in [2.24, 2.45) is 0 Å². The topological polar surface area (TPSA) is 26.8 Å². The van der Waals surface area contributed by atoms with Crippen LogP contribution in [-0.4, -0.2) is 61.0 Å². The predicted octanol–water partition coefficient (Wildman–Crippen LogP) is 3.98. The molecule has 0 spiro atoms. The van der Waals surface area contributed by atoms with Crippen molar-refractivity contribution in [3.8, 4) is 0 Å². The summed E-state index contributed by atoms with van der Waals surface area (Å²) in [5.74, 6) is 0.266. The minimum atomic E-state index is 0.266. The summed E-state index contributed by atoms with van der Waals surface area (Å²) in [4.78, 5) is 19.8. The second-order valence-corrected chi connectivity index (χ2v) is 9.88. The maximum Gasteiger partial charge on any atom is 0.227 e. The highest BCUT2D eigenvalue weighted by atomic mass is 32.1. The summed E-state index contributed by atoms with van der Waals surface area (Å²) in [6, 6.07) is 10.0. The lowest BCUT2D eigenvalue weighted by Crippen LogP contribution is -2.49. The Bertz CT molecular complexity index is 851. The molecular weight excluding hydrogens is 390 g/mol. The Balaban J connectivity index is 1.18. The van der Waals surface area contributed by atoms with Gasteiger partial charge >= 0.3 is 0 Å². The monoisotopic (exact) mass is 423 g/mol. The molecule has 0 unspecified atom stereocenters. The van der Waals surface area contributed by atoms with Crippen LogP contribution in [0.1, 0.15) is 42.4 Å². The number of benzene rings is 1. The lowest BCUT2D eigenvalue weighted by Gasteiger charge is -2.36. The number of amides is 1. The zero-order chi connectivity index (χ0) is 20.3. The Labute approximate surface area is 184 Å². The number of fused-ring (bicyclic) bond motifs is 1. The van der Waals surface area contributed by atoms with Crippen LogP contribution >= 0.6 is 11.3 Å². The quantitative estimate of drug-likeness (QED) is 0.744. The Morgan fingerprint density at radius 3 is 2.43 bits per heavy atom. The Hall–Kier alpha value is -1.85. The molecule has 0 atom stereocenters. The minimum absolute atomic E-state index is 0.266. The molecule has 0 N–H and O–H groups in total. The molecule has 2 aliphatic heterocycles. The Kier molecular flexibility index (Phi) is 6.09. The summed E-state index contributed by atoms with van der Waals surface area (Å²) in [6.07, 6.45) is 8.55. The summed E-state index contributed by atoms with van der Waals surface area (Å²) < 4.78 is 0. The third kappa shape index (κ3) is 4.42. The maximum atomic E-state index is 12.6. The molecule has 3 heterocycles. The van der Waals surface area contributed by atoms with Gasteiger partial charge in [-0.05, 0) is 71.3 Å². The second kappa shape index (κ2) is 9.11. The van der Waals surface area contributed by atoms with Gasteiger partial charge < -0.3 is 9.80 Å². The van der Waals surface area contributed by atoms with Gasteiger partial charge in [0.05, 0.1) is 6.42 Å². The van der Waals surface area contributed by atoms with Crippen LogP contribution in [0.4, 0.5) is 5.69 Å². The fourth-order valence-electron chi connectivity index (χ4n) is 5.45. The van der Waals surface area contributed by atoms with Crippen molar-refractivity contribution in [3.05, 3.63) is 51.7 Å². The van der Waals surface area contributed by atoms with Crippen LogP contribution in [0.25, 0.3) is 0 Å². The van der Waals surface area contributed by atoms with E-state index in [1.807, 2.05) is 10.3 Å². The number of piperazine rings is 1. The normalized spacial score (nSPS) is 20.9. The van der Waals surface area contributed by atoms with Crippen LogP contribution in [0.5, 0.6) is 0 Å². The van der Waals surface area contributed by atoms with Gasteiger partial charge in [-0.15, -0.1) is 0 Å². The SMILES string of the molecule is O=C(Cc1ccsc1)N1CCN(c2ccc3c(c2)CCN(C2CCCC2)CC3)CC1. The first-order valence-corrected chi connectivity index (χ1v) is 12.6. The first kappa shape index (κ1) is 20.1. The first-order valence-electron chi connectivity index (χ1n) is 11.7. The van der Waals surface area contributed by atoms with Crippen LogP contribution in [0, 0.1) is 0 Å². The van der Waals surface area contributed by atoms with E-state index < -0.39 is 0 Å². The van der Waals surface area contributed by atoms with Crippen molar-refractivity contribution in [2.45, 2.75) is 51.0 Å². The summed E-state index contributed by atoms with van der Waals surface area (Å²) >= 11 is 1.66. The molecule has 2 fully saturated rings. The minimum Gasteiger partial charge on any atom is -0.368 e. The van der Waals surface area contributed by atoms with E-state index in [0.717, 1.165) is 37.8 Å². The summed E-state index contributed by atoms with van der Waals surface area (Å²) in [7, 11) is 0. The fourth-order valence-corrected chi connectivity index (χ4v) is 6.12. The van der Waals surface area contributed by atoms with Gasteiger partial charge in [0.1, 0.15) is 0 Å². The van der Waals surface area contributed by atoms with E-state index in [-0.39, 0.29) is 5.91 Å². The molecule has 0 radical (unpaired) electrons. The summed E-state index contributed by atoms with van der Waals surface area (Å²) in [6.45, 7) is 5.96. The van der Waals surface area contributed by atoms with E-state index in [9.17, 15) is 4.79 Å².